The largest absolute Gasteiger partial charge is 0.444 e. The summed E-state index contributed by atoms with van der Waals surface area (Å²) >= 11 is 5.88. The Kier molecular flexibility index (Phi) is 5.65. The summed E-state index contributed by atoms with van der Waals surface area (Å²) in [7, 11) is -3.82. The van der Waals surface area contributed by atoms with Crippen molar-refractivity contribution in [3.8, 4) is 0 Å². The van der Waals surface area contributed by atoms with Crippen molar-refractivity contribution in [3.05, 3.63) is 23.5 Å². The fraction of sp³-hybridized carbons (Fsp3) is 0.625. The van der Waals surface area contributed by atoms with Gasteiger partial charge in [-0.15, -0.1) is 0 Å². The second kappa shape index (κ2) is 7.09. The lowest BCUT2D eigenvalue weighted by atomic mass is 10.00. The van der Waals surface area contributed by atoms with Crippen LogP contribution in [0.4, 0.5) is 4.79 Å². The van der Waals surface area contributed by atoms with E-state index in [9.17, 15) is 13.2 Å². The second-order valence-electron chi connectivity index (χ2n) is 7.35. The van der Waals surface area contributed by atoms with Gasteiger partial charge in [0.1, 0.15) is 15.6 Å². The first-order valence-electron chi connectivity index (χ1n) is 8.05. The van der Waals surface area contributed by atoms with Crippen molar-refractivity contribution < 1.29 is 17.9 Å². The number of ether oxygens (including phenoxy) is 1. The van der Waals surface area contributed by atoms with E-state index in [1.54, 1.807) is 25.7 Å². The number of aromatic nitrogens is 1. The number of nitrogens with zero attached hydrogens (tertiary/aromatic N) is 2. The average molecular weight is 390 g/mol. The smallest absolute Gasteiger partial charge is 0.410 e. The molecular weight excluding hydrogens is 366 g/mol. The van der Waals surface area contributed by atoms with Gasteiger partial charge in [-0.2, -0.15) is 0 Å². The molecule has 0 spiro atoms. The molecule has 2 heterocycles. The number of hydrogen-bond acceptors (Lipinski definition) is 5. The number of nitrogens with one attached hydrogen (secondary N) is 1. The monoisotopic (exact) mass is 389 g/mol. The van der Waals surface area contributed by atoms with Crippen LogP contribution < -0.4 is 4.72 Å². The second-order valence-corrected chi connectivity index (χ2v) is 9.44. The summed E-state index contributed by atoms with van der Waals surface area (Å²) in [6.45, 7) is 7.83. The number of sulfonamides is 1. The lowest BCUT2D eigenvalue weighted by Crippen LogP contribution is -2.53. The van der Waals surface area contributed by atoms with Gasteiger partial charge in [0.15, 0.2) is 0 Å². The van der Waals surface area contributed by atoms with Crippen LogP contribution in [0.5, 0.6) is 0 Å². The summed E-state index contributed by atoms with van der Waals surface area (Å²) in [5.41, 5.74) is -1.27. The van der Waals surface area contributed by atoms with Gasteiger partial charge in [-0.05, 0) is 52.7 Å². The van der Waals surface area contributed by atoms with Crippen LogP contribution in [0.25, 0.3) is 0 Å². The van der Waals surface area contributed by atoms with Gasteiger partial charge in [-0.3, -0.25) is 0 Å². The molecule has 140 valence electrons. The molecular formula is C16H24ClN3O4S. The predicted molar refractivity (Wildman–Crippen MR) is 95.0 cm³/mol. The Bertz CT molecular complexity index is 748. The zero-order valence-electron chi connectivity index (χ0n) is 14.9. The van der Waals surface area contributed by atoms with Gasteiger partial charge in [0, 0.05) is 19.3 Å². The molecule has 1 atom stereocenters. The minimum atomic E-state index is -3.82. The number of halogens is 1. The van der Waals surface area contributed by atoms with E-state index in [-0.39, 0.29) is 16.6 Å². The van der Waals surface area contributed by atoms with Gasteiger partial charge in [0.25, 0.3) is 0 Å². The third-order valence-corrected chi connectivity index (χ3v) is 5.87. The van der Waals surface area contributed by atoms with Gasteiger partial charge < -0.3 is 9.64 Å². The van der Waals surface area contributed by atoms with Crippen LogP contribution in [0.15, 0.2) is 23.2 Å². The standard InChI is InChI=1S/C16H24ClN3O4S/c1-15(2,3)24-14(21)20-10-6-8-16(20,4)11-19-25(22,23)12-7-5-9-18-13(12)17/h5,7,9,19H,6,8,10-11H2,1-4H3. The normalized spacial score (nSPS) is 21.4. The maximum absolute atomic E-state index is 12.5. The van der Waals surface area contributed by atoms with E-state index in [1.165, 1.54) is 18.3 Å². The van der Waals surface area contributed by atoms with E-state index < -0.39 is 27.3 Å². The molecule has 1 saturated heterocycles. The summed E-state index contributed by atoms with van der Waals surface area (Å²) < 4.78 is 33.0. The van der Waals surface area contributed by atoms with Crippen LogP contribution in [0.1, 0.15) is 40.5 Å². The Morgan fingerprint density at radius 1 is 1.48 bits per heavy atom. The van der Waals surface area contributed by atoms with Crippen LogP contribution >= 0.6 is 11.6 Å². The molecule has 0 saturated carbocycles. The van der Waals surface area contributed by atoms with Crippen LogP contribution in [-0.2, 0) is 14.8 Å². The van der Waals surface area contributed by atoms with E-state index in [1.807, 2.05) is 6.92 Å². The number of likely N-dealkylation sites (tertiary alicyclic amines) is 1. The predicted octanol–water partition coefficient (Wildman–Crippen LogP) is 2.80. The maximum atomic E-state index is 12.5. The molecule has 1 aromatic rings. The lowest BCUT2D eigenvalue weighted by molar-refractivity contribution is 0.0114. The summed E-state index contributed by atoms with van der Waals surface area (Å²) in [6, 6.07) is 2.89. The van der Waals surface area contributed by atoms with E-state index in [2.05, 4.69) is 9.71 Å². The number of rotatable bonds is 4. The Morgan fingerprint density at radius 3 is 2.76 bits per heavy atom. The average Bonchev–Trinajstić information content (AvgIpc) is 2.86. The van der Waals surface area contributed by atoms with Crippen LogP contribution in [0.2, 0.25) is 5.15 Å². The first-order chi connectivity index (χ1) is 11.4. The molecule has 0 radical (unpaired) electrons. The molecule has 0 aromatic carbocycles. The SMILES string of the molecule is CC(C)(C)OC(=O)N1CCCC1(C)CNS(=O)(=O)c1cccnc1Cl. The van der Waals surface area contributed by atoms with Gasteiger partial charge >= 0.3 is 6.09 Å². The van der Waals surface area contributed by atoms with Crippen molar-refractivity contribution in [2.75, 3.05) is 13.1 Å². The molecule has 1 N–H and O–H groups in total. The van der Waals surface area contributed by atoms with Crippen molar-refractivity contribution in [2.24, 2.45) is 0 Å². The first-order valence-corrected chi connectivity index (χ1v) is 9.92. The minimum absolute atomic E-state index is 0.0692. The molecule has 1 aromatic heterocycles. The minimum Gasteiger partial charge on any atom is -0.444 e. The van der Waals surface area contributed by atoms with Crippen molar-refractivity contribution in [1.29, 1.82) is 0 Å². The van der Waals surface area contributed by atoms with Crippen LogP contribution in [0.3, 0.4) is 0 Å². The highest BCUT2D eigenvalue weighted by Crippen LogP contribution is 2.30. The summed E-state index contributed by atoms with van der Waals surface area (Å²) in [5, 5.41) is -0.0874. The van der Waals surface area contributed by atoms with Gasteiger partial charge in [-0.25, -0.2) is 22.9 Å². The number of amides is 1. The Labute approximate surface area is 153 Å². The molecule has 2 rings (SSSR count). The van der Waals surface area contributed by atoms with E-state index in [0.29, 0.717) is 13.0 Å². The molecule has 0 aliphatic carbocycles. The fourth-order valence-corrected chi connectivity index (χ4v) is 4.35. The van der Waals surface area contributed by atoms with Crippen molar-refractivity contribution in [2.45, 2.75) is 56.6 Å². The zero-order valence-corrected chi connectivity index (χ0v) is 16.4. The number of carbonyl (C=O) groups is 1. The van der Waals surface area contributed by atoms with Crippen LogP contribution in [0, 0.1) is 0 Å². The highest BCUT2D eigenvalue weighted by atomic mass is 35.5. The molecule has 0 bridgehead atoms. The Balaban J connectivity index is 2.13. The third-order valence-electron chi connectivity index (χ3n) is 4.02. The molecule has 7 nitrogen and oxygen atoms in total. The van der Waals surface area contributed by atoms with Gasteiger partial charge in [-0.1, -0.05) is 11.6 Å². The summed E-state index contributed by atoms with van der Waals surface area (Å²) in [4.78, 5) is 17.7. The topological polar surface area (TPSA) is 88.6 Å². The van der Waals surface area contributed by atoms with E-state index in [0.717, 1.165) is 6.42 Å². The highest BCUT2D eigenvalue weighted by molar-refractivity contribution is 7.89. The molecule has 1 aliphatic heterocycles. The van der Waals surface area contributed by atoms with Crippen LogP contribution in [-0.4, -0.2) is 48.6 Å². The molecule has 9 heteroatoms. The molecule has 1 unspecified atom stereocenters. The Morgan fingerprint density at radius 2 is 2.16 bits per heavy atom. The quantitative estimate of drug-likeness (QED) is 0.800. The molecule has 1 amide bonds. The maximum Gasteiger partial charge on any atom is 0.410 e. The summed E-state index contributed by atoms with van der Waals surface area (Å²) in [6.07, 6.45) is 2.44. The van der Waals surface area contributed by atoms with Gasteiger partial charge in [0.2, 0.25) is 10.0 Å². The number of carbonyl (C=O) groups excluding carboxylic acids is 1. The number of pyridine rings is 1. The number of hydrogen-bond donors (Lipinski definition) is 1. The van der Waals surface area contributed by atoms with Crippen molar-refractivity contribution >= 4 is 27.7 Å². The zero-order chi connectivity index (χ0) is 18.9. The van der Waals surface area contributed by atoms with Crippen molar-refractivity contribution in [1.82, 2.24) is 14.6 Å². The molecule has 1 aliphatic rings. The van der Waals surface area contributed by atoms with E-state index >= 15 is 0 Å². The Hall–Kier alpha value is -1.38. The molecule has 25 heavy (non-hydrogen) atoms. The summed E-state index contributed by atoms with van der Waals surface area (Å²) in [5.74, 6) is 0. The molecule has 1 fully saturated rings. The van der Waals surface area contributed by atoms with Crippen molar-refractivity contribution in [3.63, 3.8) is 0 Å². The van der Waals surface area contributed by atoms with Gasteiger partial charge in [0.05, 0.1) is 5.54 Å². The first kappa shape index (κ1) is 19.9. The fourth-order valence-electron chi connectivity index (χ4n) is 2.74. The lowest BCUT2D eigenvalue weighted by Gasteiger charge is -2.36. The van der Waals surface area contributed by atoms with E-state index in [4.69, 9.17) is 16.3 Å². The third kappa shape index (κ3) is 4.83. The highest BCUT2D eigenvalue weighted by Gasteiger charge is 2.42.